The Bertz CT molecular complexity index is 1330. The van der Waals surface area contributed by atoms with E-state index in [1.807, 2.05) is 25.1 Å². The lowest BCUT2D eigenvalue weighted by Crippen LogP contribution is -2.11. The van der Waals surface area contributed by atoms with Gasteiger partial charge in [0.25, 0.3) is 0 Å². The Kier molecular flexibility index (Phi) is 8.92. The van der Waals surface area contributed by atoms with Gasteiger partial charge in [-0.1, -0.05) is 24.3 Å². The molecule has 0 fully saturated rings. The minimum Gasteiger partial charge on any atom is -0.492 e. The van der Waals surface area contributed by atoms with Gasteiger partial charge in [-0.25, -0.2) is 0 Å². The smallest absolute Gasteiger partial charge is 0.304 e. The fraction of sp³-hybridized carbons (Fsp3) is 0.424. The van der Waals surface area contributed by atoms with E-state index in [-0.39, 0.29) is 18.4 Å². The number of carboxylic acids is 1. The van der Waals surface area contributed by atoms with E-state index in [9.17, 15) is 4.79 Å². The molecule has 1 aliphatic heterocycles. The SMILES string of the molecule is CCOCCOCCOc1cc(C)c(-c2cccc3c2CCC3Oc2ccc3c(c2)OCC3CC(=O)O)c(C)c1. The highest BCUT2D eigenvalue weighted by Crippen LogP contribution is 2.44. The van der Waals surface area contributed by atoms with Gasteiger partial charge in [-0.05, 0) is 85.2 Å². The second-order valence-corrected chi connectivity index (χ2v) is 10.4. The largest absolute Gasteiger partial charge is 0.492 e. The predicted octanol–water partition coefficient (Wildman–Crippen LogP) is 6.42. The summed E-state index contributed by atoms with van der Waals surface area (Å²) in [6, 6.07) is 16.5. The lowest BCUT2D eigenvalue weighted by molar-refractivity contribution is -0.137. The monoisotopic (exact) mass is 546 g/mol. The molecule has 0 saturated carbocycles. The van der Waals surface area contributed by atoms with Crippen molar-refractivity contribution in [3.05, 3.63) is 76.3 Å². The maximum absolute atomic E-state index is 11.2. The summed E-state index contributed by atoms with van der Waals surface area (Å²) in [5.74, 6) is 1.39. The third-order valence-electron chi connectivity index (χ3n) is 7.63. The topological polar surface area (TPSA) is 83.5 Å². The van der Waals surface area contributed by atoms with Crippen LogP contribution in [0.2, 0.25) is 0 Å². The number of aliphatic carboxylic acids is 1. The molecule has 2 unspecified atom stereocenters. The van der Waals surface area contributed by atoms with Crippen LogP contribution in [0.25, 0.3) is 11.1 Å². The van der Waals surface area contributed by atoms with Gasteiger partial charge >= 0.3 is 5.97 Å². The number of hydrogen-bond acceptors (Lipinski definition) is 6. The van der Waals surface area contributed by atoms with Crippen molar-refractivity contribution < 1.29 is 33.6 Å². The van der Waals surface area contributed by atoms with E-state index in [0.717, 1.165) is 35.7 Å². The molecule has 7 nitrogen and oxygen atoms in total. The highest BCUT2D eigenvalue weighted by atomic mass is 16.5. The number of rotatable bonds is 13. The first-order valence-corrected chi connectivity index (χ1v) is 14.1. The van der Waals surface area contributed by atoms with Gasteiger partial charge in [-0.3, -0.25) is 4.79 Å². The Morgan fingerprint density at radius 3 is 2.50 bits per heavy atom. The lowest BCUT2D eigenvalue weighted by Gasteiger charge is -2.18. The summed E-state index contributed by atoms with van der Waals surface area (Å²) in [5, 5.41) is 9.17. The molecule has 1 aliphatic carbocycles. The number of aryl methyl sites for hydroxylation is 2. The summed E-state index contributed by atoms with van der Waals surface area (Å²) < 4.78 is 29.1. The van der Waals surface area contributed by atoms with Crippen molar-refractivity contribution in [2.24, 2.45) is 0 Å². The summed E-state index contributed by atoms with van der Waals surface area (Å²) in [5.41, 5.74) is 8.33. The summed E-state index contributed by atoms with van der Waals surface area (Å²) in [4.78, 5) is 11.2. The third-order valence-corrected chi connectivity index (χ3v) is 7.63. The first kappa shape index (κ1) is 28.0. The van der Waals surface area contributed by atoms with Crippen molar-refractivity contribution in [2.75, 3.05) is 39.6 Å². The van der Waals surface area contributed by atoms with Gasteiger partial charge in [0, 0.05) is 24.2 Å². The summed E-state index contributed by atoms with van der Waals surface area (Å²) in [7, 11) is 0. The van der Waals surface area contributed by atoms with Crippen LogP contribution in [0.15, 0.2) is 48.5 Å². The number of fused-ring (bicyclic) bond motifs is 2. The van der Waals surface area contributed by atoms with Gasteiger partial charge in [-0.15, -0.1) is 0 Å². The lowest BCUT2D eigenvalue weighted by atomic mass is 9.90. The van der Waals surface area contributed by atoms with Gasteiger partial charge in [0.1, 0.15) is 30.0 Å². The van der Waals surface area contributed by atoms with E-state index in [1.165, 1.54) is 33.4 Å². The summed E-state index contributed by atoms with van der Waals surface area (Å²) >= 11 is 0. The molecule has 3 aromatic carbocycles. The zero-order valence-electron chi connectivity index (χ0n) is 23.5. The number of carboxylic acid groups (broad SMARTS) is 1. The summed E-state index contributed by atoms with van der Waals surface area (Å²) in [6.07, 6.45) is 1.86. The first-order chi connectivity index (χ1) is 19.4. The molecule has 2 atom stereocenters. The molecular formula is C33H38O7. The van der Waals surface area contributed by atoms with Crippen molar-refractivity contribution in [2.45, 2.75) is 52.1 Å². The van der Waals surface area contributed by atoms with Crippen LogP contribution in [0, 0.1) is 13.8 Å². The van der Waals surface area contributed by atoms with Crippen molar-refractivity contribution in [3.63, 3.8) is 0 Å². The average molecular weight is 547 g/mol. The second kappa shape index (κ2) is 12.7. The van der Waals surface area contributed by atoms with Crippen molar-refractivity contribution in [3.8, 4) is 28.4 Å². The van der Waals surface area contributed by atoms with Crippen LogP contribution in [0.1, 0.15) is 59.6 Å². The van der Waals surface area contributed by atoms with Gasteiger partial charge in [-0.2, -0.15) is 0 Å². The van der Waals surface area contributed by atoms with Gasteiger partial charge in [0.15, 0.2) is 0 Å². The van der Waals surface area contributed by atoms with Crippen LogP contribution in [-0.4, -0.2) is 50.7 Å². The Hall–Kier alpha value is -3.55. The molecule has 2 aliphatic rings. The van der Waals surface area contributed by atoms with Crippen molar-refractivity contribution >= 4 is 5.97 Å². The number of ether oxygens (including phenoxy) is 5. The molecule has 1 N–H and O–H groups in total. The van der Waals surface area contributed by atoms with Crippen LogP contribution in [-0.2, 0) is 20.7 Å². The number of carbonyl (C=O) groups is 1. The molecule has 0 bridgehead atoms. The van der Waals surface area contributed by atoms with E-state index in [1.54, 1.807) is 0 Å². The Balaban J connectivity index is 1.27. The Labute approximate surface area is 236 Å². The van der Waals surface area contributed by atoms with Gasteiger partial charge < -0.3 is 28.8 Å². The summed E-state index contributed by atoms with van der Waals surface area (Å²) in [6.45, 7) is 9.55. The minimum absolute atomic E-state index is 0.0461. The van der Waals surface area contributed by atoms with Gasteiger partial charge in [0.2, 0.25) is 0 Å². The van der Waals surface area contributed by atoms with E-state index < -0.39 is 5.97 Å². The van der Waals surface area contributed by atoms with Crippen LogP contribution in [0.3, 0.4) is 0 Å². The maximum Gasteiger partial charge on any atom is 0.304 e. The highest BCUT2D eigenvalue weighted by Gasteiger charge is 2.30. The molecular weight excluding hydrogens is 508 g/mol. The predicted molar refractivity (Wildman–Crippen MR) is 153 cm³/mol. The van der Waals surface area contributed by atoms with Crippen LogP contribution < -0.4 is 14.2 Å². The zero-order chi connectivity index (χ0) is 28.1. The Morgan fingerprint density at radius 2 is 1.73 bits per heavy atom. The molecule has 3 aromatic rings. The molecule has 0 saturated heterocycles. The van der Waals surface area contributed by atoms with Crippen LogP contribution in [0.4, 0.5) is 0 Å². The van der Waals surface area contributed by atoms with Crippen molar-refractivity contribution in [1.82, 2.24) is 0 Å². The highest BCUT2D eigenvalue weighted by molar-refractivity contribution is 5.76. The molecule has 0 radical (unpaired) electrons. The molecule has 1 heterocycles. The minimum atomic E-state index is -0.813. The van der Waals surface area contributed by atoms with Gasteiger partial charge in [0.05, 0.1) is 32.8 Å². The quantitative estimate of drug-likeness (QED) is 0.248. The fourth-order valence-corrected chi connectivity index (χ4v) is 5.86. The first-order valence-electron chi connectivity index (χ1n) is 14.1. The second-order valence-electron chi connectivity index (χ2n) is 10.4. The normalized spacial score (nSPS) is 17.3. The molecule has 0 aromatic heterocycles. The van der Waals surface area contributed by atoms with E-state index >= 15 is 0 Å². The molecule has 0 spiro atoms. The molecule has 0 amide bonds. The van der Waals surface area contributed by atoms with Crippen LogP contribution >= 0.6 is 0 Å². The zero-order valence-corrected chi connectivity index (χ0v) is 23.5. The average Bonchev–Trinajstić information content (AvgIpc) is 3.52. The van der Waals surface area contributed by atoms with E-state index in [0.29, 0.717) is 39.6 Å². The van der Waals surface area contributed by atoms with E-state index in [2.05, 4.69) is 44.2 Å². The standard InChI is InChI=1S/C33H38O7/c1-4-36-12-13-37-14-15-38-25-16-21(2)33(22(3)17-25)29-7-5-6-28-27(29)10-11-30(28)40-24-8-9-26-23(18-32(34)35)20-39-31(26)19-24/h5-9,16-17,19,23,30H,4,10-15,18,20H2,1-3H3,(H,34,35). The number of benzene rings is 3. The maximum atomic E-state index is 11.2. The molecule has 212 valence electrons. The molecule has 40 heavy (non-hydrogen) atoms. The number of hydrogen-bond donors (Lipinski definition) is 1. The molecule has 7 heteroatoms. The van der Waals surface area contributed by atoms with Crippen LogP contribution in [0.5, 0.6) is 17.2 Å². The van der Waals surface area contributed by atoms with Crippen molar-refractivity contribution in [1.29, 1.82) is 0 Å². The van der Waals surface area contributed by atoms with E-state index in [4.69, 9.17) is 28.8 Å². The third kappa shape index (κ3) is 6.26. The Morgan fingerprint density at radius 1 is 0.950 bits per heavy atom. The molecule has 5 rings (SSSR count). The fourth-order valence-electron chi connectivity index (χ4n) is 5.86.